The molecule has 16 heavy (non-hydrogen) atoms. The van der Waals surface area contributed by atoms with E-state index in [0.29, 0.717) is 18.2 Å². The molecule has 0 saturated heterocycles. The molecule has 0 radical (unpaired) electrons. The molecule has 2 rings (SSSR count). The third-order valence-electron chi connectivity index (χ3n) is 4.08. The van der Waals surface area contributed by atoms with Gasteiger partial charge in [-0.2, -0.15) is 0 Å². The number of aliphatic hydroxyl groups excluding tert-OH is 1. The van der Waals surface area contributed by atoms with Crippen LogP contribution in [-0.4, -0.2) is 36.5 Å². The lowest BCUT2D eigenvalue weighted by Gasteiger charge is -2.34. The number of hydrogen-bond acceptors (Lipinski definition) is 3. The van der Waals surface area contributed by atoms with E-state index in [1.54, 1.807) is 0 Å². The fourth-order valence-corrected chi connectivity index (χ4v) is 3.16. The van der Waals surface area contributed by atoms with E-state index in [1.165, 1.54) is 32.1 Å². The summed E-state index contributed by atoms with van der Waals surface area (Å²) in [7, 11) is 1.82. The Labute approximate surface area is 98.6 Å². The molecule has 0 bridgehead atoms. The molecule has 0 amide bonds. The van der Waals surface area contributed by atoms with Crippen LogP contribution in [0.15, 0.2) is 0 Å². The highest BCUT2D eigenvalue weighted by atomic mass is 16.5. The van der Waals surface area contributed by atoms with E-state index in [1.807, 2.05) is 7.11 Å². The molecule has 0 aromatic rings. The molecule has 0 aliphatic heterocycles. The second-order valence-corrected chi connectivity index (χ2v) is 5.41. The van der Waals surface area contributed by atoms with Gasteiger partial charge >= 0.3 is 0 Å². The van der Waals surface area contributed by atoms with Gasteiger partial charge in [0.15, 0.2) is 0 Å². The van der Waals surface area contributed by atoms with Gasteiger partial charge in [-0.15, -0.1) is 0 Å². The van der Waals surface area contributed by atoms with Gasteiger partial charge in [-0.05, 0) is 51.4 Å². The largest absolute Gasteiger partial charge is 0.393 e. The molecule has 2 aliphatic carbocycles. The molecule has 2 aliphatic rings. The minimum atomic E-state index is -0.0759. The number of methoxy groups -OCH3 is 1. The summed E-state index contributed by atoms with van der Waals surface area (Å²) in [6, 6.07) is 1.14. The van der Waals surface area contributed by atoms with Crippen LogP contribution in [0.1, 0.15) is 51.4 Å². The standard InChI is InChI=1S/C13H25NO2/c1-16-13-7-3-5-11(9-13)14-10-4-2-6-12(15)8-10/h10-15H,2-9H2,1H3. The predicted octanol–water partition coefficient (Wildman–Crippen LogP) is 1.84. The molecule has 3 nitrogen and oxygen atoms in total. The van der Waals surface area contributed by atoms with Crippen LogP contribution < -0.4 is 5.32 Å². The molecule has 4 atom stereocenters. The van der Waals surface area contributed by atoms with Crippen LogP contribution in [0.25, 0.3) is 0 Å². The van der Waals surface area contributed by atoms with Gasteiger partial charge in [0.2, 0.25) is 0 Å². The maximum absolute atomic E-state index is 9.64. The maximum atomic E-state index is 9.64. The monoisotopic (exact) mass is 227 g/mol. The fourth-order valence-electron chi connectivity index (χ4n) is 3.16. The first kappa shape index (κ1) is 12.3. The van der Waals surface area contributed by atoms with E-state index in [4.69, 9.17) is 4.74 Å². The molecule has 0 aromatic carbocycles. The van der Waals surface area contributed by atoms with Crippen LogP contribution >= 0.6 is 0 Å². The Bertz CT molecular complexity index is 210. The number of aliphatic hydroxyl groups is 1. The van der Waals surface area contributed by atoms with Crippen molar-refractivity contribution in [3.63, 3.8) is 0 Å². The Morgan fingerprint density at radius 2 is 1.69 bits per heavy atom. The van der Waals surface area contributed by atoms with Gasteiger partial charge in [0.1, 0.15) is 0 Å². The van der Waals surface area contributed by atoms with Crippen molar-refractivity contribution in [3.05, 3.63) is 0 Å². The van der Waals surface area contributed by atoms with E-state index in [2.05, 4.69) is 5.32 Å². The fraction of sp³-hybridized carbons (Fsp3) is 1.00. The van der Waals surface area contributed by atoms with Crippen molar-refractivity contribution in [2.75, 3.05) is 7.11 Å². The molecule has 0 spiro atoms. The summed E-state index contributed by atoms with van der Waals surface area (Å²) in [5.41, 5.74) is 0. The SMILES string of the molecule is COC1CCCC(NC2CCCC(O)C2)C1. The van der Waals surface area contributed by atoms with Gasteiger partial charge in [0.05, 0.1) is 12.2 Å². The summed E-state index contributed by atoms with van der Waals surface area (Å²) in [6.45, 7) is 0. The van der Waals surface area contributed by atoms with Gasteiger partial charge in [0, 0.05) is 19.2 Å². The van der Waals surface area contributed by atoms with Gasteiger partial charge in [0.25, 0.3) is 0 Å². The first-order valence-corrected chi connectivity index (χ1v) is 6.75. The number of hydrogen-bond donors (Lipinski definition) is 2. The number of nitrogens with one attached hydrogen (secondary N) is 1. The van der Waals surface area contributed by atoms with Crippen LogP contribution in [-0.2, 0) is 4.74 Å². The Morgan fingerprint density at radius 3 is 2.38 bits per heavy atom. The zero-order valence-electron chi connectivity index (χ0n) is 10.3. The summed E-state index contributed by atoms with van der Waals surface area (Å²) in [5.74, 6) is 0. The molecular formula is C13H25NO2. The highest BCUT2D eigenvalue weighted by Gasteiger charge is 2.26. The topological polar surface area (TPSA) is 41.5 Å². The van der Waals surface area contributed by atoms with E-state index in [0.717, 1.165) is 19.3 Å². The number of ether oxygens (including phenoxy) is 1. The molecule has 94 valence electrons. The van der Waals surface area contributed by atoms with Gasteiger partial charge in [-0.1, -0.05) is 0 Å². The van der Waals surface area contributed by atoms with Crippen molar-refractivity contribution in [1.82, 2.24) is 5.32 Å². The highest BCUT2D eigenvalue weighted by molar-refractivity contribution is 4.84. The quantitative estimate of drug-likeness (QED) is 0.773. The minimum Gasteiger partial charge on any atom is -0.393 e. The van der Waals surface area contributed by atoms with Crippen molar-refractivity contribution < 1.29 is 9.84 Å². The predicted molar refractivity (Wildman–Crippen MR) is 64.5 cm³/mol. The molecule has 2 fully saturated rings. The number of rotatable bonds is 3. The second-order valence-electron chi connectivity index (χ2n) is 5.41. The zero-order valence-corrected chi connectivity index (χ0v) is 10.3. The maximum Gasteiger partial charge on any atom is 0.0586 e. The summed E-state index contributed by atoms with van der Waals surface area (Å²) in [6.07, 6.45) is 9.58. The van der Waals surface area contributed by atoms with Crippen molar-refractivity contribution in [2.24, 2.45) is 0 Å². The summed E-state index contributed by atoms with van der Waals surface area (Å²) in [4.78, 5) is 0. The minimum absolute atomic E-state index is 0.0759. The Morgan fingerprint density at radius 1 is 1.00 bits per heavy atom. The van der Waals surface area contributed by atoms with Crippen LogP contribution in [0.4, 0.5) is 0 Å². The lowest BCUT2D eigenvalue weighted by atomic mass is 9.88. The summed E-state index contributed by atoms with van der Waals surface area (Å²) >= 11 is 0. The molecule has 0 heterocycles. The van der Waals surface area contributed by atoms with Crippen LogP contribution in [0.2, 0.25) is 0 Å². The third kappa shape index (κ3) is 3.44. The van der Waals surface area contributed by atoms with Gasteiger partial charge in [-0.25, -0.2) is 0 Å². The Balaban J connectivity index is 1.75. The average molecular weight is 227 g/mol. The Kier molecular flexibility index (Phi) is 4.62. The van der Waals surface area contributed by atoms with Crippen molar-refractivity contribution in [3.8, 4) is 0 Å². The van der Waals surface area contributed by atoms with E-state index in [-0.39, 0.29) is 6.10 Å². The summed E-state index contributed by atoms with van der Waals surface area (Å²) in [5, 5.41) is 13.4. The lowest BCUT2D eigenvalue weighted by molar-refractivity contribution is 0.0512. The first-order valence-electron chi connectivity index (χ1n) is 6.75. The van der Waals surface area contributed by atoms with Crippen molar-refractivity contribution in [2.45, 2.75) is 75.7 Å². The smallest absolute Gasteiger partial charge is 0.0586 e. The van der Waals surface area contributed by atoms with Crippen LogP contribution in [0.5, 0.6) is 0 Å². The molecule has 2 N–H and O–H groups in total. The molecule has 2 saturated carbocycles. The summed E-state index contributed by atoms with van der Waals surface area (Å²) < 4.78 is 5.44. The third-order valence-corrected chi connectivity index (χ3v) is 4.08. The zero-order chi connectivity index (χ0) is 11.4. The van der Waals surface area contributed by atoms with Gasteiger partial charge in [-0.3, -0.25) is 0 Å². The van der Waals surface area contributed by atoms with E-state index in [9.17, 15) is 5.11 Å². The second kappa shape index (κ2) is 5.99. The first-order chi connectivity index (χ1) is 7.78. The average Bonchev–Trinajstić information content (AvgIpc) is 2.29. The molecular weight excluding hydrogens is 202 g/mol. The Hall–Kier alpha value is -0.120. The van der Waals surface area contributed by atoms with Crippen LogP contribution in [0, 0.1) is 0 Å². The molecule has 3 heteroatoms. The van der Waals surface area contributed by atoms with Gasteiger partial charge < -0.3 is 15.2 Å². The van der Waals surface area contributed by atoms with Crippen molar-refractivity contribution in [1.29, 1.82) is 0 Å². The van der Waals surface area contributed by atoms with Crippen LogP contribution in [0.3, 0.4) is 0 Å². The van der Waals surface area contributed by atoms with Crippen molar-refractivity contribution >= 4 is 0 Å². The molecule has 0 aromatic heterocycles. The normalized spacial score (nSPS) is 40.9. The highest BCUT2D eigenvalue weighted by Crippen LogP contribution is 2.24. The van der Waals surface area contributed by atoms with E-state index < -0.39 is 0 Å². The molecule has 4 unspecified atom stereocenters. The lowest BCUT2D eigenvalue weighted by Crippen LogP contribution is -2.45. The van der Waals surface area contributed by atoms with E-state index >= 15 is 0 Å².